The van der Waals surface area contributed by atoms with Crippen molar-refractivity contribution in [3.8, 4) is 0 Å². The number of anilines is 1. The van der Waals surface area contributed by atoms with Gasteiger partial charge in [-0.15, -0.1) is 0 Å². The number of alkyl halides is 3. The van der Waals surface area contributed by atoms with E-state index in [2.05, 4.69) is 10.6 Å². The average molecular weight is 511 g/mol. The van der Waals surface area contributed by atoms with E-state index in [1.165, 1.54) is 12.1 Å². The van der Waals surface area contributed by atoms with E-state index in [1.807, 2.05) is 13.0 Å². The molecule has 0 bridgehead atoms. The van der Waals surface area contributed by atoms with Crippen molar-refractivity contribution in [1.29, 1.82) is 0 Å². The summed E-state index contributed by atoms with van der Waals surface area (Å²) in [6.45, 7) is 4.04. The summed E-state index contributed by atoms with van der Waals surface area (Å²) in [5.41, 5.74) is 0.685. The quantitative estimate of drug-likeness (QED) is 0.368. The molecule has 0 spiro atoms. The first-order valence-electron chi connectivity index (χ1n) is 11.8. The number of carbonyl (C=O) groups is 2. The monoisotopic (exact) mass is 510 g/mol. The molecule has 1 aliphatic rings. The summed E-state index contributed by atoms with van der Waals surface area (Å²) in [5, 5.41) is 15.2. The molecule has 3 N–H and O–H groups in total. The van der Waals surface area contributed by atoms with Gasteiger partial charge in [-0.25, -0.2) is 0 Å². The Bertz CT molecular complexity index is 1070. The van der Waals surface area contributed by atoms with E-state index in [-0.39, 0.29) is 23.1 Å². The van der Waals surface area contributed by atoms with E-state index in [4.69, 9.17) is 16.7 Å². The third-order valence-corrected chi connectivity index (χ3v) is 6.90. The molecule has 0 unspecified atom stereocenters. The number of carbonyl (C=O) groups excluding carboxylic acids is 1. The summed E-state index contributed by atoms with van der Waals surface area (Å²) >= 11 is 6.11. The first-order valence-corrected chi connectivity index (χ1v) is 12.1. The lowest BCUT2D eigenvalue weighted by Crippen LogP contribution is -2.32. The zero-order chi connectivity index (χ0) is 25.8. The number of halogens is 4. The van der Waals surface area contributed by atoms with E-state index in [9.17, 15) is 22.8 Å². The zero-order valence-corrected chi connectivity index (χ0v) is 20.5. The molecule has 1 aliphatic carbocycles. The molecular weight excluding hydrogens is 481 g/mol. The second-order valence-electron chi connectivity index (χ2n) is 9.09. The van der Waals surface area contributed by atoms with Crippen LogP contribution in [0.25, 0.3) is 0 Å². The summed E-state index contributed by atoms with van der Waals surface area (Å²) in [6.07, 6.45) is -1.54. The van der Waals surface area contributed by atoms with Crippen molar-refractivity contribution in [3.63, 3.8) is 0 Å². The SMILES string of the molecule is CCc1ccc(Cl)cc1[C@H](C)Nc1ccc(C(=O)NCC2CCC(C(=O)O)CC2)cc1C(F)(F)F. The molecule has 1 fully saturated rings. The fourth-order valence-corrected chi connectivity index (χ4v) is 4.78. The van der Waals surface area contributed by atoms with E-state index < -0.39 is 29.7 Å². The van der Waals surface area contributed by atoms with Crippen molar-refractivity contribution in [2.24, 2.45) is 11.8 Å². The third kappa shape index (κ3) is 6.90. The third-order valence-electron chi connectivity index (χ3n) is 6.66. The molecule has 0 radical (unpaired) electrons. The van der Waals surface area contributed by atoms with Crippen LogP contribution in [-0.4, -0.2) is 23.5 Å². The zero-order valence-electron chi connectivity index (χ0n) is 19.7. The first kappa shape index (κ1) is 26.9. The van der Waals surface area contributed by atoms with Gasteiger partial charge in [0.05, 0.1) is 11.5 Å². The molecule has 190 valence electrons. The van der Waals surface area contributed by atoms with E-state index in [0.29, 0.717) is 43.7 Å². The highest BCUT2D eigenvalue weighted by Gasteiger charge is 2.35. The number of hydrogen-bond acceptors (Lipinski definition) is 3. The number of rotatable bonds is 8. The van der Waals surface area contributed by atoms with Gasteiger partial charge in [0.25, 0.3) is 5.91 Å². The van der Waals surface area contributed by atoms with Gasteiger partial charge in [-0.05, 0) is 86.4 Å². The molecule has 9 heteroatoms. The Balaban J connectivity index is 1.72. The molecule has 0 heterocycles. The predicted molar refractivity (Wildman–Crippen MR) is 130 cm³/mol. The highest BCUT2D eigenvalue weighted by molar-refractivity contribution is 6.30. The molecule has 0 saturated heterocycles. The fourth-order valence-electron chi connectivity index (χ4n) is 4.60. The smallest absolute Gasteiger partial charge is 0.418 e. The summed E-state index contributed by atoms with van der Waals surface area (Å²) in [5.74, 6) is -1.64. The lowest BCUT2D eigenvalue weighted by atomic mass is 9.82. The van der Waals surface area contributed by atoms with Crippen molar-refractivity contribution in [3.05, 3.63) is 63.7 Å². The predicted octanol–water partition coefficient (Wildman–Crippen LogP) is 6.72. The van der Waals surface area contributed by atoms with Crippen molar-refractivity contribution >= 4 is 29.2 Å². The van der Waals surface area contributed by atoms with E-state index >= 15 is 0 Å². The normalized spacial score (nSPS) is 19.1. The second-order valence-corrected chi connectivity index (χ2v) is 9.52. The van der Waals surface area contributed by atoms with Crippen molar-refractivity contribution in [2.45, 2.75) is 58.2 Å². The van der Waals surface area contributed by atoms with Crippen LogP contribution in [0.4, 0.5) is 18.9 Å². The number of hydrogen-bond donors (Lipinski definition) is 3. The summed E-state index contributed by atoms with van der Waals surface area (Å²) < 4.78 is 41.7. The van der Waals surface area contributed by atoms with Gasteiger partial charge in [-0.2, -0.15) is 13.2 Å². The summed E-state index contributed by atoms with van der Waals surface area (Å²) in [6, 6.07) is 8.44. The highest BCUT2D eigenvalue weighted by Crippen LogP contribution is 2.37. The Morgan fingerprint density at radius 1 is 1.11 bits per heavy atom. The molecule has 0 aromatic heterocycles. The summed E-state index contributed by atoms with van der Waals surface area (Å²) in [4.78, 5) is 23.7. The Labute approximate surface area is 208 Å². The maximum atomic E-state index is 13.9. The maximum Gasteiger partial charge on any atom is 0.418 e. The molecule has 0 aliphatic heterocycles. The van der Waals surface area contributed by atoms with Crippen LogP contribution >= 0.6 is 11.6 Å². The van der Waals surface area contributed by atoms with Crippen molar-refractivity contribution in [2.75, 3.05) is 11.9 Å². The van der Waals surface area contributed by atoms with Crippen LogP contribution in [0.3, 0.4) is 0 Å². The molecule has 2 aromatic rings. The Kier molecular flexibility index (Phi) is 8.70. The number of amides is 1. The van der Waals surface area contributed by atoms with Gasteiger partial charge >= 0.3 is 12.1 Å². The minimum atomic E-state index is -4.66. The Morgan fingerprint density at radius 3 is 2.40 bits per heavy atom. The average Bonchev–Trinajstić information content (AvgIpc) is 2.82. The lowest BCUT2D eigenvalue weighted by molar-refractivity contribution is -0.143. The van der Waals surface area contributed by atoms with Crippen LogP contribution in [0.2, 0.25) is 5.02 Å². The number of carboxylic acid groups (broad SMARTS) is 1. The van der Waals surface area contributed by atoms with Crippen LogP contribution in [-0.2, 0) is 17.4 Å². The van der Waals surface area contributed by atoms with Gasteiger partial charge in [0.2, 0.25) is 0 Å². The highest BCUT2D eigenvalue weighted by atomic mass is 35.5. The molecule has 1 amide bonds. The van der Waals surface area contributed by atoms with Gasteiger partial charge < -0.3 is 15.7 Å². The number of aryl methyl sites for hydroxylation is 1. The van der Waals surface area contributed by atoms with E-state index in [1.54, 1.807) is 19.1 Å². The number of benzene rings is 2. The van der Waals surface area contributed by atoms with E-state index in [0.717, 1.165) is 17.2 Å². The number of carboxylic acids is 1. The molecular formula is C26H30ClF3N2O3. The lowest BCUT2D eigenvalue weighted by Gasteiger charge is -2.26. The standard InChI is InChI=1S/C26H30ClF3N2O3/c1-3-17-8-10-20(27)13-21(17)15(2)32-23-11-9-19(12-22(23)26(28,29)30)24(33)31-14-16-4-6-18(7-5-16)25(34)35/h8-13,15-16,18,32H,3-7,14H2,1-2H3,(H,31,33)(H,34,35)/t15-,16?,18?/m0/s1. The summed E-state index contributed by atoms with van der Waals surface area (Å²) in [7, 11) is 0. The molecule has 1 atom stereocenters. The maximum absolute atomic E-state index is 13.9. The number of aliphatic carboxylic acids is 1. The van der Waals surface area contributed by atoms with Crippen LogP contribution in [0, 0.1) is 11.8 Å². The molecule has 5 nitrogen and oxygen atoms in total. The van der Waals surface area contributed by atoms with Crippen LogP contribution in [0.15, 0.2) is 36.4 Å². The van der Waals surface area contributed by atoms with Gasteiger partial charge in [-0.3, -0.25) is 9.59 Å². The van der Waals surface area contributed by atoms with Gasteiger partial charge in [0.15, 0.2) is 0 Å². The Hall–Kier alpha value is -2.74. The minimum Gasteiger partial charge on any atom is -0.481 e. The molecule has 2 aromatic carbocycles. The molecule has 35 heavy (non-hydrogen) atoms. The fraction of sp³-hybridized carbons (Fsp3) is 0.462. The second kappa shape index (κ2) is 11.3. The Morgan fingerprint density at radius 2 is 1.80 bits per heavy atom. The largest absolute Gasteiger partial charge is 0.481 e. The van der Waals surface area contributed by atoms with Gasteiger partial charge in [0.1, 0.15) is 0 Å². The molecule has 3 rings (SSSR count). The topological polar surface area (TPSA) is 78.4 Å². The minimum absolute atomic E-state index is 0.0771. The van der Waals surface area contributed by atoms with Crippen LogP contribution < -0.4 is 10.6 Å². The van der Waals surface area contributed by atoms with Crippen LogP contribution in [0.5, 0.6) is 0 Å². The van der Waals surface area contributed by atoms with Crippen molar-refractivity contribution < 1.29 is 27.9 Å². The number of nitrogens with one attached hydrogen (secondary N) is 2. The van der Waals surface area contributed by atoms with Crippen molar-refractivity contribution in [1.82, 2.24) is 5.32 Å². The van der Waals surface area contributed by atoms with Gasteiger partial charge in [-0.1, -0.05) is 24.6 Å². The van der Waals surface area contributed by atoms with Crippen LogP contribution in [0.1, 0.15) is 72.6 Å². The first-order chi connectivity index (χ1) is 16.5. The van der Waals surface area contributed by atoms with Gasteiger partial charge in [0, 0.05) is 28.9 Å². The molecule has 1 saturated carbocycles.